The highest BCUT2D eigenvalue weighted by Crippen LogP contribution is 2.23. The molecule has 7 atom stereocenters. The Morgan fingerprint density at radius 2 is 0.851 bits per heavy atom. The molecule has 1 heterocycles. The largest absolute Gasteiger partial charge is 0.394 e. The van der Waals surface area contributed by atoms with Gasteiger partial charge in [-0.25, -0.2) is 0 Å². The van der Waals surface area contributed by atoms with Gasteiger partial charge in [-0.1, -0.05) is 259 Å². The first-order valence-electron chi connectivity index (χ1n) is 30.8. The summed E-state index contributed by atoms with van der Waals surface area (Å²) in [7, 11) is 0. The molecule has 1 aliphatic heterocycles. The Morgan fingerprint density at radius 3 is 1.30 bits per heavy atom. The third-order valence-electron chi connectivity index (χ3n) is 14.2. The van der Waals surface area contributed by atoms with Crippen molar-refractivity contribution in [2.45, 2.75) is 307 Å². The number of ether oxygens (including phenoxy) is 2. The Bertz CT molecular complexity index is 1440. The summed E-state index contributed by atoms with van der Waals surface area (Å²) >= 11 is 0. The quantitative estimate of drug-likeness (QED) is 0.0261. The van der Waals surface area contributed by atoms with Crippen LogP contribution in [0.4, 0.5) is 0 Å². The highest BCUT2D eigenvalue weighted by atomic mass is 16.7. The van der Waals surface area contributed by atoms with Crippen LogP contribution in [0.15, 0.2) is 85.1 Å². The number of hydrogen-bond acceptors (Lipinski definition) is 8. The lowest BCUT2D eigenvalue weighted by Crippen LogP contribution is -2.60. The smallest absolute Gasteiger partial charge is 0.220 e. The molecule has 0 aromatic carbocycles. The van der Waals surface area contributed by atoms with Crippen LogP contribution in [0, 0.1) is 0 Å². The number of aliphatic hydroxyl groups is 5. The van der Waals surface area contributed by atoms with Gasteiger partial charge in [0.1, 0.15) is 24.4 Å². The number of carbonyl (C=O) groups excluding carboxylic acids is 1. The van der Waals surface area contributed by atoms with Crippen molar-refractivity contribution in [3.63, 3.8) is 0 Å². The zero-order chi connectivity index (χ0) is 53.6. The van der Waals surface area contributed by atoms with E-state index in [0.717, 1.165) is 96.3 Å². The Morgan fingerprint density at radius 1 is 0.473 bits per heavy atom. The van der Waals surface area contributed by atoms with Gasteiger partial charge in [0.25, 0.3) is 0 Å². The van der Waals surface area contributed by atoms with Gasteiger partial charge in [0.05, 0.1) is 25.4 Å². The molecule has 9 heteroatoms. The number of unbranched alkanes of at least 4 members (excludes halogenated alkanes) is 30. The maximum Gasteiger partial charge on any atom is 0.220 e. The molecule has 1 amide bonds. The maximum atomic E-state index is 13.0. The monoisotopic (exact) mass is 1040 g/mol. The Labute approximate surface area is 454 Å². The molecule has 0 radical (unpaired) electrons. The van der Waals surface area contributed by atoms with Crippen LogP contribution in [0.5, 0.6) is 0 Å². The van der Waals surface area contributed by atoms with E-state index in [0.29, 0.717) is 6.42 Å². The topological polar surface area (TPSA) is 149 Å². The van der Waals surface area contributed by atoms with Gasteiger partial charge in [0.15, 0.2) is 6.29 Å². The molecule has 0 aromatic rings. The molecule has 1 rings (SSSR count). The van der Waals surface area contributed by atoms with E-state index < -0.39 is 49.5 Å². The van der Waals surface area contributed by atoms with Crippen molar-refractivity contribution in [1.82, 2.24) is 5.32 Å². The van der Waals surface area contributed by atoms with Gasteiger partial charge in [-0.15, -0.1) is 0 Å². The number of allylic oxidation sites excluding steroid dienone is 13. The fraction of sp³-hybridized carbons (Fsp3) is 0.769. The van der Waals surface area contributed by atoms with Crippen molar-refractivity contribution < 1.29 is 39.8 Å². The minimum Gasteiger partial charge on any atom is -0.394 e. The molecular formula is C65H115NO8. The molecule has 74 heavy (non-hydrogen) atoms. The molecule has 1 saturated heterocycles. The number of carbonyl (C=O) groups is 1. The summed E-state index contributed by atoms with van der Waals surface area (Å²) in [6, 6.07) is -0.842. The van der Waals surface area contributed by atoms with Gasteiger partial charge in [-0.3, -0.25) is 4.79 Å². The highest BCUT2D eigenvalue weighted by molar-refractivity contribution is 5.76. The molecule has 0 aromatic heterocycles. The van der Waals surface area contributed by atoms with E-state index in [1.165, 1.54) is 148 Å². The second kappa shape index (κ2) is 53.8. The van der Waals surface area contributed by atoms with E-state index in [1.54, 1.807) is 6.08 Å². The van der Waals surface area contributed by atoms with Crippen molar-refractivity contribution in [3.8, 4) is 0 Å². The van der Waals surface area contributed by atoms with Gasteiger partial charge in [0.2, 0.25) is 5.91 Å². The zero-order valence-electron chi connectivity index (χ0n) is 47.6. The normalized spacial score (nSPS) is 19.6. The molecule has 0 spiro atoms. The van der Waals surface area contributed by atoms with Crippen LogP contribution in [0.1, 0.15) is 264 Å². The molecule has 6 N–H and O–H groups in total. The lowest BCUT2D eigenvalue weighted by molar-refractivity contribution is -0.302. The third kappa shape index (κ3) is 42.5. The average Bonchev–Trinajstić information content (AvgIpc) is 3.40. The molecule has 9 nitrogen and oxygen atoms in total. The van der Waals surface area contributed by atoms with E-state index in [2.05, 4.69) is 92.1 Å². The van der Waals surface area contributed by atoms with Crippen molar-refractivity contribution >= 4 is 5.91 Å². The summed E-state index contributed by atoms with van der Waals surface area (Å²) in [5.74, 6) is -0.206. The second-order valence-corrected chi connectivity index (χ2v) is 21.1. The van der Waals surface area contributed by atoms with Crippen LogP contribution in [-0.2, 0) is 14.3 Å². The van der Waals surface area contributed by atoms with Gasteiger partial charge >= 0.3 is 0 Å². The lowest BCUT2D eigenvalue weighted by atomic mass is 9.99. The van der Waals surface area contributed by atoms with E-state index in [-0.39, 0.29) is 12.5 Å². The maximum absolute atomic E-state index is 13.0. The molecular weight excluding hydrogens is 923 g/mol. The van der Waals surface area contributed by atoms with Gasteiger partial charge in [-0.05, 0) is 83.5 Å². The van der Waals surface area contributed by atoms with Gasteiger partial charge in [0, 0.05) is 6.42 Å². The van der Waals surface area contributed by atoms with Crippen LogP contribution >= 0.6 is 0 Å². The van der Waals surface area contributed by atoms with Crippen LogP contribution in [0.25, 0.3) is 0 Å². The first kappa shape index (κ1) is 69.4. The van der Waals surface area contributed by atoms with Crippen LogP contribution in [-0.4, -0.2) is 87.5 Å². The van der Waals surface area contributed by atoms with E-state index in [4.69, 9.17) is 9.47 Å². The average molecular weight is 1040 g/mol. The van der Waals surface area contributed by atoms with Gasteiger partial charge < -0.3 is 40.3 Å². The minimum absolute atomic E-state index is 0.206. The van der Waals surface area contributed by atoms with Crippen molar-refractivity contribution in [3.05, 3.63) is 85.1 Å². The number of hydrogen-bond donors (Lipinski definition) is 6. The van der Waals surface area contributed by atoms with Crippen molar-refractivity contribution in [1.29, 1.82) is 0 Å². The second-order valence-electron chi connectivity index (χ2n) is 21.1. The first-order chi connectivity index (χ1) is 36.3. The first-order valence-corrected chi connectivity index (χ1v) is 30.8. The molecule has 1 aliphatic rings. The minimum atomic E-state index is -1.58. The Hall–Kier alpha value is -2.63. The Balaban J connectivity index is 2.22. The van der Waals surface area contributed by atoms with Crippen LogP contribution in [0.2, 0.25) is 0 Å². The zero-order valence-corrected chi connectivity index (χ0v) is 47.6. The number of aliphatic hydroxyl groups excluding tert-OH is 5. The molecule has 0 aliphatic carbocycles. The highest BCUT2D eigenvalue weighted by Gasteiger charge is 2.44. The fourth-order valence-electron chi connectivity index (χ4n) is 9.36. The summed E-state index contributed by atoms with van der Waals surface area (Å²) in [5.41, 5.74) is 0. The van der Waals surface area contributed by atoms with Crippen LogP contribution < -0.4 is 5.32 Å². The predicted octanol–water partition coefficient (Wildman–Crippen LogP) is 15.8. The summed E-state index contributed by atoms with van der Waals surface area (Å²) < 4.78 is 11.3. The number of amides is 1. The molecule has 7 unspecified atom stereocenters. The standard InChI is InChI=1S/C65H115NO8/c1-3-5-7-9-11-13-15-17-19-21-23-24-25-26-27-28-29-30-31-32-33-34-35-37-38-40-42-44-46-48-50-52-54-59(68)58(57-73-65-64(72)63(71)62(70)60(56-67)74-65)66-61(69)55-53-51-49-47-45-43-41-39-36-22-20-18-16-14-12-10-8-6-4-2/h6,8,12,14,18,20,36-39,44,46,52,54,58-60,62-65,67-68,70-72H,3-5,7,9-11,13,15-17,19,21-35,40-43,45,47-51,53,55-57H2,1-2H3,(H,66,69)/b8-6-,14-12-,20-18-,38-37+,39-36-,46-44+,54-52+. The van der Waals surface area contributed by atoms with Gasteiger partial charge in [-0.2, -0.15) is 0 Å². The molecule has 1 fully saturated rings. The summed E-state index contributed by atoms with van der Waals surface area (Å²) in [4.78, 5) is 13.0. The Kier molecular flexibility index (Phi) is 50.4. The SMILES string of the molecule is CC/C=C\C/C=C\C/C=C\C/C=C\CCCCCCCCC(=O)NC(COC1OC(CO)C(O)C(O)C1O)C(O)/C=C/CC/C=C/CC/C=C/CCCCCCCCCCCCCCCCCCCCCCCC. The van der Waals surface area contributed by atoms with Crippen molar-refractivity contribution in [2.75, 3.05) is 13.2 Å². The molecule has 0 bridgehead atoms. The summed E-state index contributed by atoms with van der Waals surface area (Å²) in [5, 5.41) is 54.5. The van der Waals surface area contributed by atoms with Crippen LogP contribution in [0.3, 0.4) is 0 Å². The molecule has 0 saturated carbocycles. The lowest BCUT2D eigenvalue weighted by Gasteiger charge is -2.40. The predicted molar refractivity (Wildman–Crippen MR) is 313 cm³/mol. The summed E-state index contributed by atoms with van der Waals surface area (Å²) in [6.07, 6.45) is 69.6. The number of nitrogens with one attached hydrogen (secondary N) is 1. The van der Waals surface area contributed by atoms with E-state index >= 15 is 0 Å². The van der Waals surface area contributed by atoms with Crippen molar-refractivity contribution in [2.24, 2.45) is 0 Å². The van der Waals surface area contributed by atoms with E-state index in [9.17, 15) is 30.3 Å². The third-order valence-corrected chi connectivity index (χ3v) is 14.2. The van der Waals surface area contributed by atoms with E-state index in [1.807, 2.05) is 6.08 Å². The summed E-state index contributed by atoms with van der Waals surface area (Å²) in [6.45, 7) is 3.65. The fourth-order valence-corrected chi connectivity index (χ4v) is 9.36. The number of rotatable bonds is 52. The molecule has 428 valence electrons.